The van der Waals surface area contributed by atoms with Crippen molar-refractivity contribution in [3.63, 3.8) is 0 Å². The van der Waals surface area contributed by atoms with Gasteiger partial charge in [0.05, 0.1) is 10.7 Å². The number of pyridine rings is 1. The summed E-state index contributed by atoms with van der Waals surface area (Å²) in [7, 11) is 0. The van der Waals surface area contributed by atoms with E-state index in [4.69, 9.17) is 14.5 Å². The second-order valence-electron chi connectivity index (χ2n) is 8.75. The maximum absolute atomic E-state index is 5.53. The minimum absolute atomic E-state index is 0.313. The van der Waals surface area contributed by atoms with Crippen LogP contribution in [0.1, 0.15) is 35.6 Å². The number of piperidine rings is 1. The van der Waals surface area contributed by atoms with Gasteiger partial charge in [-0.2, -0.15) is 9.61 Å². The normalized spacial score (nSPS) is 16.3. The van der Waals surface area contributed by atoms with Crippen LogP contribution < -0.4 is 14.8 Å². The molecular weight excluding hydrogens is 496 g/mol. The van der Waals surface area contributed by atoms with Crippen LogP contribution >= 0.6 is 15.9 Å². The first-order valence-electron chi connectivity index (χ1n) is 11.5. The fourth-order valence-electron chi connectivity index (χ4n) is 4.67. The van der Waals surface area contributed by atoms with Crippen LogP contribution in [0.4, 0.5) is 5.82 Å². The number of nitrogens with zero attached hydrogens (tertiary/aromatic N) is 5. The summed E-state index contributed by atoms with van der Waals surface area (Å²) >= 11 is 3.61. The molecule has 34 heavy (non-hydrogen) atoms. The van der Waals surface area contributed by atoms with Crippen molar-refractivity contribution in [2.45, 2.75) is 31.8 Å². The monoisotopic (exact) mass is 520 g/mol. The van der Waals surface area contributed by atoms with Gasteiger partial charge >= 0.3 is 0 Å². The topological polar surface area (TPSA) is 76.8 Å². The number of halogens is 1. The highest BCUT2D eigenvalue weighted by atomic mass is 79.9. The van der Waals surface area contributed by atoms with Gasteiger partial charge in [0.2, 0.25) is 6.79 Å². The Morgan fingerprint density at radius 3 is 2.76 bits per heavy atom. The lowest BCUT2D eigenvalue weighted by Gasteiger charge is -2.32. The van der Waals surface area contributed by atoms with Gasteiger partial charge in [0.1, 0.15) is 5.82 Å². The number of fused-ring (bicyclic) bond motifs is 2. The minimum atomic E-state index is 0.313. The number of nitrogens with one attached hydrogen (secondary N) is 1. The van der Waals surface area contributed by atoms with Gasteiger partial charge in [0.15, 0.2) is 17.1 Å². The Hall–Kier alpha value is -3.17. The number of ether oxygens (including phenoxy) is 2. The lowest BCUT2D eigenvalue weighted by Crippen LogP contribution is -2.32. The fourth-order valence-corrected chi connectivity index (χ4v) is 5.02. The Balaban J connectivity index is 1.16. The molecule has 3 aromatic heterocycles. The van der Waals surface area contributed by atoms with Gasteiger partial charge in [-0.1, -0.05) is 12.1 Å². The standard InChI is InChI=1S/C25H25BrN6O2/c26-20-14-29-32-24(28-13-18-2-1-7-27-12-18)11-21(30-25(20)32)19-5-8-31(9-6-19)15-17-3-4-22-23(10-17)34-16-33-22/h1-4,7,10-12,14,19,28H,5-6,8-9,13,15-16H2. The molecule has 5 heterocycles. The lowest BCUT2D eigenvalue weighted by atomic mass is 9.93. The van der Waals surface area contributed by atoms with E-state index in [2.05, 4.69) is 60.5 Å². The average molecular weight is 521 g/mol. The quantitative estimate of drug-likeness (QED) is 0.397. The predicted octanol–water partition coefficient (Wildman–Crippen LogP) is 4.61. The molecule has 6 rings (SSSR count). The third-order valence-electron chi connectivity index (χ3n) is 6.49. The smallest absolute Gasteiger partial charge is 0.231 e. The van der Waals surface area contributed by atoms with Crippen molar-refractivity contribution in [1.82, 2.24) is 24.5 Å². The van der Waals surface area contributed by atoms with Crippen LogP contribution in [0, 0.1) is 0 Å². The second-order valence-corrected chi connectivity index (χ2v) is 9.60. The molecule has 1 aromatic carbocycles. The van der Waals surface area contributed by atoms with Crippen LogP contribution in [-0.4, -0.2) is 44.4 Å². The van der Waals surface area contributed by atoms with Crippen molar-refractivity contribution in [3.05, 3.63) is 76.3 Å². The van der Waals surface area contributed by atoms with Crippen molar-refractivity contribution in [1.29, 1.82) is 0 Å². The summed E-state index contributed by atoms with van der Waals surface area (Å²) in [4.78, 5) is 11.7. The van der Waals surface area contributed by atoms with E-state index in [1.165, 1.54) is 5.56 Å². The molecule has 0 spiro atoms. The molecule has 0 saturated carbocycles. The van der Waals surface area contributed by atoms with Crippen LogP contribution in [0.5, 0.6) is 11.5 Å². The molecule has 0 radical (unpaired) electrons. The summed E-state index contributed by atoms with van der Waals surface area (Å²) in [6.07, 6.45) is 7.61. The van der Waals surface area contributed by atoms with Gasteiger partial charge in [0, 0.05) is 43.2 Å². The number of hydrogen-bond donors (Lipinski definition) is 1. The third-order valence-corrected chi connectivity index (χ3v) is 7.05. The zero-order valence-electron chi connectivity index (χ0n) is 18.7. The SMILES string of the molecule is Brc1cnn2c(NCc3cccnc3)cc(C3CCN(Cc4ccc5c(c4)OCO5)CC3)nc12. The van der Waals surface area contributed by atoms with Gasteiger partial charge in [-0.25, -0.2) is 4.98 Å². The highest BCUT2D eigenvalue weighted by Crippen LogP contribution is 2.34. The number of anilines is 1. The second kappa shape index (κ2) is 9.23. The maximum Gasteiger partial charge on any atom is 0.231 e. The van der Waals surface area contributed by atoms with Crippen LogP contribution in [-0.2, 0) is 13.1 Å². The highest BCUT2D eigenvalue weighted by Gasteiger charge is 2.24. The first-order chi connectivity index (χ1) is 16.7. The first-order valence-corrected chi connectivity index (χ1v) is 12.3. The number of hydrogen-bond acceptors (Lipinski definition) is 7. The van der Waals surface area contributed by atoms with Crippen molar-refractivity contribution in [2.24, 2.45) is 0 Å². The van der Waals surface area contributed by atoms with Crippen LogP contribution in [0.3, 0.4) is 0 Å². The van der Waals surface area contributed by atoms with E-state index in [1.807, 2.05) is 22.8 Å². The summed E-state index contributed by atoms with van der Waals surface area (Å²) in [6, 6.07) is 12.4. The lowest BCUT2D eigenvalue weighted by molar-refractivity contribution is 0.173. The average Bonchev–Trinajstić information content (AvgIpc) is 3.50. The van der Waals surface area contributed by atoms with E-state index in [-0.39, 0.29) is 0 Å². The van der Waals surface area contributed by atoms with Crippen LogP contribution in [0.2, 0.25) is 0 Å². The number of benzene rings is 1. The zero-order valence-corrected chi connectivity index (χ0v) is 20.2. The van der Waals surface area contributed by atoms with Crippen LogP contribution in [0.15, 0.2) is 59.5 Å². The molecule has 174 valence electrons. The van der Waals surface area contributed by atoms with Crippen LogP contribution in [0.25, 0.3) is 5.65 Å². The van der Waals surface area contributed by atoms with E-state index >= 15 is 0 Å². The highest BCUT2D eigenvalue weighted by molar-refractivity contribution is 9.10. The summed E-state index contributed by atoms with van der Waals surface area (Å²) in [5.41, 5.74) is 4.34. The van der Waals surface area contributed by atoms with Crippen molar-refractivity contribution >= 4 is 27.4 Å². The Morgan fingerprint density at radius 2 is 1.91 bits per heavy atom. The Kier molecular flexibility index (Phi) is 5.80. The van der Waals surface area contributed by atoms with Crippen molar-refractivity contribution < 1.29 is 9.47 Å². The minimum Gasteiger partial charge on any atom is -0.454 e. The molecule has 4 aromatic rings. The molecule has 0 amide bonds. The Bertz CT molecular complexity index is 1300. The molecule has 0 unspecified atom stereocenters. The van der Waals surface area contributed by atoms with Gasteiger partial charge < -0.3 is 14.8 Å². The molecule has 9 heteroatoms. The molecule has 1 N–H and O–H groups in total. The third kappa shape index (κ3) is 4.33. The van der Waals surface area contributed by atoms with Crippen molar-refractivity contribution in [3.8, 4) is 11.5 Å². The molecule has 1 fully saturated rings. The largest absolute Gasteiger partial charge is 0.454 e. The first kappa shape index (κ1) is 21.4. The molecule has 0 atom stereocenters. The molecule has 2 aliphatic rings. The zero-order chi connectivity index (χ0) is 22.9. The number of aromatic nitrogens is 4. The number of rotatable bonds is 6. The summed E-state index contributed by atoms with van der Waals surface area (Å²) in [6.45, 7) is 3.98. The molecule has 8 nitrogen and oxygen atoms in total. The van der Waals surface area contributed by atoms with Gasteiger partial charge in [-0.15, -0.1) is 0 Å². The fraction of sp³-hybridized carbons (Fsp3) is 0.320. The van der Waals surface area contributed by atoms with Gasteiger partial charge in [-0.3, -0.25) is 9.88 Å². The van der Waals surface area contributed by atoms with E-state index in [9.17, 15) is 0 Å². The summed E-state index contributed by atoms with van der Waals surface area (Å²) in [5, 5.41) is 8.03. The Labute approximate surface area is 206 Å². The van der Waals surface area contributed by atoms with E-state index in [0.29, 0.717) is 19.3 Å². The van der Waals surface area contributed by atoms with E-state index in [1.54, 1.807) is 12.4 Å². The molecule has 1 saturated heterocycles. The van der Waals surface area contributed by atoms with Crippen molar-refractivity contribution in [2.75, 3.05) is 25.2 Å². The molecule has 0 bridgehead atoms. The van der Waals surface area contributed by atoms with Gasteiger partial charge in [-0.05, 0) is 71.2 Å². The number of likely N-dealkylation sites (tertiary alicyclic amines) is 1. The van der Waals surface area contributed by atoms with E-state index in [0.717, 1.165) is 71.2 Å². The molecular formula is C25H25BrN6O2. The summed E-state index contributed by atoms with van der Waals surface area (Å²) < 4.78 is 13.7. The summed E-state index contributed by atoms with van der Waals surface area (Å²) in [5.74, 6) is 3.04. The van der Waals surface area contributed by atoms with Gasteiger partial charge in [0.25, 0.3) is 0 Å². The van der Waals surface area contributed by atoms with E-state index < -0.39 is 0 Å². The molecule has 2 aliphatic heterocycles. The molecule has 0 aliphatic carbocycles. The Morgan fingerprint density at radius 1 is 1.03 bits per heavy atom. The maximum atomic E-state index is 5.53. The predicted molar refractivity (Wildman–Crippen MR) is 132 cm³/mol.